The summed E-state index contributed by atoms with van der Waals surface area (Å²) in [6.45, 7) is 6.87. The van der Waals surface area contributed by atoms with Crippen LogP contribution in [0.4, 0.5) is 0 Å². The molecule has 0 unspecified atom stereocenters. The Morgan fingerprint density at radius 1 is 0.638 bits per heavy atom. The molecule has 0 heterocycles. The number of rotatable bonds is 37. The molecular formula is C33H63N5O9. The summed E-state index contributed by atoms with van der Waals surface area (Å²) in [7, 11) is 0. The molecule has 0 saturated carbocycles. The van der Waals surface area contributed by atoms with E-state index < -0.39 is 12.0 Å². The minimum Gasteiger partial charge on any atom is -0.480 e. The van der Waals surface area contributed by atoms with E-state index in [0.29, 0.717) is 85.6 Å². The van der Waals surface area contributed by atoms with Crippen molar-refractivity contribution >= 4 is 17.8 Å². The van der Waals surface area contributed by atoms with Crippen molar-refractivity contribution in [1.29, 1.82) is 0 Å². The van der Waals surface area contributed by atoms with E-state index in [-0.39, 0.29) is 24.7 Å². The highest BCUT2D eigenvalue weighted by Crippen LogP contribution is 2.13. The van der Waals surface area contributed by atoms with Crippen molar-refractivity contribution < 1.29 is 43.2 Å². The molecule has 0 aromatic heterocycles. The van der Waals surface area contributed by atoms with Crippen molar-refractivity contribution in [2.24, 2.45) is 5.11 Å². The Bertz CT molecular complexity index is 800. The van der Waals surface area contributed by atoms with Gasteiger partial charge in [0.25, 0.3) is 0 Å². The molecule has 0 aromatic rings. The lowest BCUT2D eigenvalue weighted by molar-refractivity contribution is -0.142. The summed E-state index contributed by atoms with van der Waals surface area (Å²) in [5.41, 5.74) is 8.14. The zero-order valence-electron chi connectivity index (χ0n) is 28.9. The first-order valence-corrected chi connectivity index (χ1v) is 17.7. The minimum atomic E-state index is -1.14. The lowest BCUT2D eigenvalue weighted by Crippen LogP contribution is -2.41. The summed E-state index contributed by atoms with van der Waals surface area (Å²) in [5, 5.41) is 18.1. The molecular weight excluding hydrogens is 610 g/mol. The fourth-order valence-corrected chi connectivity index (χ4v) is 4.59. The van der Waals surface area contributed by atoms with Gasteiger partial charge in [0.2, 0.25) is 11.8 Å². The highest BCUT2D eigenvalue weighted by Gasteiger charge is 2.20. The topological polar surface area (TPSA) is 190 Å². The maximum Gasteiger partial charge on any atom is 0.326 e. The predicted molar refractivity (Wildman–Crippen MR) is 180 cm³/mol. The van der Waals surface area contributed by atoms with Gasteiger partial charge in [-0.25, -0.2) is 4.79 Å². The van der Waals surface area contributed by atoms with Crippen LogP contribution in [-0.4, -0.2) is 108 Å². The van der Waals surface area contributed by atoms with Gasteiger partial charge >= 0.3 is 5.97 Å². The number of carboxylic acid groups (broad SMARTS) is 1. The average Bonchev–Trinajstić information content (AvgIpc) is 3.06. The van der Waals surface area contributed by atoms with Crippen LogP contribution in [0.3, 0.4) is 0 Å². The van der Waals surface area contributed by atoms with E-state index in [1.165, 1.54) is 64.2 Å². The molecule has 274 valence electrons. The van der Waals surface area contributed by atoms with Gasteiger partial charge in [-0.2, -0.15) is 0 Å². The van der Waals surface area contributed by atoms with Crippen molar-refractivity contribution in [1.82, 2.24) is 10.6 Å². The van der Waals surface area contributed by atoms with E-state index in [4.69, 9.17) is 29.2 Å². The van der Waals surface area contributed by atoms with Crippen LogP contribution >= 0.6 is 0 Å². The molecule has 0 fully saturated rings. The van der Waals surface area contributed by atoms with E-state index >= 15 is 0 Å². The number of azide groups is 1. The summed E-state index contributed by atoms with van der Waals surface area (Å²) in [4.78, 5) is 38.6. The second-order valence-corrected chi connectivity index (χ2v) is 11.4. The monoisotopic (exact) mass is 673 g/mol. The second-order valence-electron chi connectivity index (χ2n) is 11.4. The molecule has 0 aromatic carbocycles. The molecule has 0 saturated heterocycles. The number of carbonyl (C=O) groups excluding carboxylic acids is 2. The van der Waals surface area contributed by atoms with E-state index in [2.05, 4.69) is 27.6 Å². The smallest absolute Gasteiger partial charge is 0.326 e. The standard InChI is InChI=1S/C33H63N5O9/c1-2-3-4-5-6-7-8-9-10-11-12-13-14-15-32(40)37-30(33(41)42)16-17-31(39)35-18-20-43-22-24-45-26-28-47-29-27-46-25-23-44-21-19-36-38-34/h30H,2-29H2,1H3,(H,35,39)(H,37,40)(H,41,42)/t30-/m0/s1. The highest BCUT2D eigenvalue weighted by atomic mass is 16.6. The third-order valence-electron chi connectivity index (χ3n) is 7.26. The average molecular weight is 674 g/mol. The second kappa shape index (κ2) is 36.4. The zero-order valence-corrected chi connectivity index (χ0v) is 28.9. The molecule has 0 rings (SSSR count). The Labute approximate surface area is 281 Å². The quantitative estimate of drug-likeness (QED) is 0.0339. The van der Waals surface area contributed by atoms with Crippen LogP contribution in [0.2, 0.25) is 0 Å². The van der Waals surface area contributed by atoms with Gasteiger partial charge in [0.15, 0.2) is 0 Å². The molecule has 2 amide bonds. The number of carbonyl (C=O) groups is 3. The number of unbranched alkanes of at least 4 members (excludes halogenated alkanes) is 12. The summed E-state index contributed by atoms with van der Waals surface area (Å²) >= 11 is 0. The molecule has 0 bridgehead atoms. The summed E-state index contributed by atoms with van der Waals surface area (Å²) in [6, 6.07) is -1.08. The van der Waals surface area contributed by atoms with E-state index in [0.717, 1.165) is 19.3 Å². The Kier molecular flexibility index (Phi) is 34.4. The van der Waals surface area contributed by atoms with E-state index in [9.17, 15) is 19.5 Å². The van der Waals surface area contributed by atoms with Gasteiger partial charge in [0.05, 0.1) is 66.1 Å². The number of hydrogen-bond donors (Lipinski definition) is 3. The fourth-order valence-electron chi connectivity index (χ4n) is 4.59. The first-order valence-electron chi connectivity index (χ1n) is 17.7. The van der Waals surface area contributed by atoms with E-state index in [1.807, 2.05) is 0 Å². The van der Waals surface area contributed by atoms with Crippen molar-refractivity contribution in [2.45, 2.75) is 116 Å². The maximum atomic E-state index is 12.2. The molecule has 14 nitrogen and oxygen atoms in total. The van der Waals surface area contributed by atoms with Crippen LogP contribution in [0.5, 0.6) is 0 Å². The lowest BCUT2D eigenvalue weighted by atomic mass is 10.0. The number of hydrogen-bond acceptors (Lipinski definition) is 9. The minimum absolute atomic E-state index is 0.00319. The fraction of sp³-hybridized carbons (Fsp3) is 0.909. The summed E-state index contributed by atoms with van der Waals surface area (Å²) < 4.78 is 26.8. The summed E-state index contributed by atoms with van der Waals surface area (Å²) in [6.07, 6.45) is 16.2. The van der Waals surface area contributed by atoms with Gasteiger partial charge in [0.1, 0.15) is 6.04 Å². The van der Waals surface area contributed by atoms with Gasteiger partial charge in [-0.15, -0.1) is 0 Å². The maximum absolute atomic E-state index is 12.2. The van der Waals surface area contributed by atoms with Crippen LogP contribution in [0.1, 0.15) is 110 Å². The van der Waals surface area contributed by atoms with Crippen molar-refractivity contribution in [3.8, 4) is 0 Å². The highest BCUT2D eigenvalue weighted by molar-refractivity contribution is 5.84. The molecule has 0 aliphatic heterocycles. The van der Waals surface area contributed by atoms with Crippen molar-refractivity contribution in [3.05, 3.63) is 10.4 Å². The van der Waals surface area contributed by atoms with Gasteiger partial charge in [-0.05, 0) is 18.4 Å². The van der Waals surface area contributed by atoms with Gasteiger partial charge in [-0.1, -0.05) is 89.1 Å². The third kappa shape index (κ3) is 34.7. The van der Waals surface area contributed by atoms with Gasteiger partial charge in [0, 0.05) is 30.8 Å². The first-order chi connectivity index (χ1) is 23.0. The van der Waals surface area contributed by atoms with Crippen LogP contribution in [0, 0.1) is 0 Å². The van der Waals surface area contributed by atoms with Crippen LogP contribution in [0.15, 0.2) is 5.11 Å². The third-order valence-corrected chi connectivity index (χ3v) is 7.26. The Morgan fingerprint density at radius 3 is 1.55 bits per heavy atom. The zero-order chi connectivity index (χ0) is 34.5. The predicted octanol–water partition coefficient (Wildman–Crippen LogP) is 5.33. The number of carboxylic acids is 1. The van der Waals surface area contributed by atoms with Crippen LogP contribution in [-0.2, 0) is 38.1 Å². The Hall–Kier alpha value is -2.48. The van der Waals surface area contributed by atoms with Crippen molar-refractivity contribution in [3.63, 3.8) is 0 Å². The van der Waals surface area contributed by atoms with Crippen LogP contribution < -0.4 is 10.6 Å². The first kappa shape index (κ1) is 44.5. The Balaban J connectivity index is 3.59. The molecule has 0 aliphatic rings. The molecule has 0 radical (unpaired) electrons. The molecule has 14 heteroatoms. The normalized spacial score (nSPS) is 11.6. The lowest BCUT2D eigenvalue weighted by Gasteiger charge is -2.14. The van der Waals surface area contributed by atoms with Gasteiger partial charge in [-0.3, -0.25) is 9.59 Å². The molecule has 47 heavy (non-hydrogen) atoms. The number of amides is 2. The number of ether oxygens (including phenoxy) is 5. The molecule has 0 spiro atoms. The number of aliphatic carboxylic acids is 1. The van der Waals surface area contributed by atoms with Gasteiger partial charge < -0.3 is 39.4 Å². The van der Waals surface area contributed by atoms with Crippen LogP contribution in [0.25, 0.3) is 10.4 Å². The number of nitrogens with zero attached hydrogens (tertiary/aromatic N) is 3. The van der Waals surface area contributed by atoms with Crippen molar-refractivity contribution in [2.75, 3.05) is 79.2 Å². The summed E-state index contributed by atoms with van der Waals surface area (Å²) in [5.74, 6) is -1.71. The molecule has 3 N–H and O–H groups in total. The van der Waals surface area contributed by atoms with E-state index in [1.54, 1.807) is 0 Å². The number of nitrogens with one attached hydrogen (secondary N) is 2. The molecule has 0 aliphatic carbocycles. The largest absolute Gasteiger partial charge is 0.480 e. The Morgan fingerprint density at radius 2 is 1.09 bits per heavy atom. The molecule has 1 atom stereocenters. The SMILES string of the molecule is CCCCCCCCCCCCCCCC(=O)N[C@@H](CCC(=O)NCCOCCOCCOCCOCCOCCN=[N+]=[N-])C(=O)O.